The minimum atomic E-state index is -0.476. The van der Waals surface area contributed by atoms with E-state index in [0.717, 1.165) is 6.42 Å². The summed E-state index contributed by atoms with van der Waals surface area (Å²) in [6.45, 7) is 4.44. The topological polar surface area (TPSA) is 29.5 Å². The maximum atomic E-state index is 11.9. The van der Waals surface area contributed by atoms with Crippen LogP contribution in [0.25, 0.3) is 0 Å². The molecule has 0 amide bonds. The van der Waals surface area contributed by atoms with Crippen LogP contribution in [0.1, 0.15) is 20.3 Å². The predicted molar refractivity (Wildman–Crippen MR) is 51.4 cm³/mol. The number of carbonyl (C=O) groups is 1. The van der Waals surface area contributed by atoms with Crippen LogP contribution in [0.2, 0.25) is 0 Å². The second-order valence-corrected chi connectivity index (χ2v) is 3.99. The van der Waals surface area contributed by atoms with Crippen molar-refractivity contribution in [3.05, 3.63) is 11.8 Å². The molecule has 0 N–H and O–H groups in total. The first-order chi connectivity index (χ1) is 5.96. The summed E-state index contributed by atoms with van der Waals surface area (Å²) in [5, 5.41) is 0. The summed E-state index contributed by atoms with van der Waals surface area (Å²) in [5.41, 5.74) is -0.476. The molecule has 0 aliphatic carbocycles. The SMILES string of the molecule is CN(C)C(C)(C)C(=O)C1=CCCO1. The van der Waals surface area contributed by atoms with Gasteiger partial charge in [-0.15, -0.1) is 0 Å². The van der Waals surface area contributed by atoms with Crippen LogP contribution in [0.15, 0.2) is 11.8 Å². The van der Waals surface area contributed by atoms with Gasteiger partial charge in [-0.3, -0.25) is 9.69 Å². The zero-order chi connectivity index (χ0) is 10.1. The van der Waals surface area contributed by atoms with Crippen molar-refractivity contribution in [2.45, 2.75) is 25.8 Å². The van der Waals surface area contributed by atoms with Crippen molar-refractivity contribution in [2.75, 3.05) is 20.7 Å². The van der Waals surface area contributed by atoms with E-state index in [1.54, 1.807) is 0 Å². The summed E-state index contributed by atoms with van der Waals surface area (Å²) in [5.74, 6) is 0.591. The molecule has 0 saturated heterocycles. The number of ketones is 1. The van der Waals surface area contributed by atoms with Gasteiger partial charge in [-0.1, -0.05) is 0 Å². The van der Waals surface area contributed by atoms with Gasteiger partial charge in [-0.25, -0.2) is 0 Å². The quantitative estimate of drug-likeness (QED) is 0.658. The Balaban J connectivity index is 2.77. The molecule has 0 aromatic rings. The van der Waals surface area contributed by atoms with Crippen LogP contribution in [-0.2, 0) is 9.53 Å². The maximum Gasteiger partial charge on any atom is 0.216 e. The molecule has 0 unspecified atom stereocenters. The number of Topliss-reactive ketones (excluding diaryl/α,β-unsaturated/α-hetero) is 1. The van der Waals surface area contributed by atoms with Crippen molar-refractivity contribution in [2.24, 2.45) is 0 Å². The first-order valence-electron chi connectivity index (χ1n) is 4.51. The highest BCUT2D eigenvalue weighted by Gasteiger charge is 2.34. The van der Waals surface area contributed by atoms with Gasteiger partial charge < -0.3 is 4.74 Å². The minimum absolute atomic E-state index is 0.0648. The molecule has 1 heterocycles. The van der Waals surface area contributed by atoms with E-state index < -0.39 is 5.54 Å². The van der Waals surface area contributed by atoms with Crippen molar-refractivity contribution in [1.82, 2.24) is 4.90 Å². The van der Waals surface area contributed by atoms with Gasteiger partial charge in [0.2, 0.25) is 5.78 Å². The van der Waals surface area contributed by atoms with E-state index in [2.05, 4.69) is 0 Å². The van der Waals surface area contributed by atoms with Crippen LogP contribution in [-0.4, -0.2) is 36.9 Å². The van der Waals surface area contributed by atoms with E-state index in [4.69, 9.17) is 4.74 Å². The largest absolute Gasteiger partial charge is 0.490 e. The smallest absolute Gasteiger partial charge is 0.216 e. The van der Waals surface area contributed by atoms with Crippen LogP contribution in [0, 0.1) is 0 Å². The fourth-order valence-corrected chi connectivity index (χ4v) is 1.08. The van der Waals surface area contributed by atoms with E-state index in [1.165, 1.54) is 0 Å². The molecule has 13 heavy (non-hydrogen) atoms. The number of hydrogen-bond acceptors (Lipinski definition) is 3. The van der Waals surface area contributed by atoms with Crippen molar-refractivity contribution < 1.29 is 9.53 Å². The standard InChI is InChI=1S/C10H17NO2/c1-10(2,11(3)4)9(12)8-6-5-7-13-8/h6H,5,7H2,1-4H3. The Morgan fingerprint density at radius 1 is 1.54 bits per heavy atom. The third kappa shape index (κ3) is 1.91. The molecule has 0 saturated carbocycles. The molecule has 0 atom stereocenters. The predicted octanol–water partition coefficient (Wildman–Crippen LogP) is 1.20. The van der Waals surface area contributed by atoms with Gasteiger partial charge in [0.15, 0.2) is 5.76 Å². The van der Waals surface area contributed by atoms with Crippen LogP contribution >= 0.6 is 0 Å². The summed E-state index contributed by atoms with van der Waals surface area (Å²) in [6, 6.07) is 0. The number of likely N-dealkylation sites (N-methyl/N-ethyl adjacent to an activating group) is 1. The first kappa shape index (κ1) is 10.3. The minimum Gasteiger partial charge on any atom is -0.490 e. The van der Waals surface area contributed by atoms with Gasteiger partial charge in [0, 0.05) is 6.42 Å². The van der Waals surface area contributed by atoms with E-state index in [0.29, 0.717) is 12.4 Å². The number of ether oxygens (including phenoxy) is 1. The number of rotatable bonds is 3. The Bertz CT molecular complexity index is 241. The lowest BCUT2D eigenvalue weighted by Gasteiger charge is -2.30. The summed E-state index contributed by atoms with van der Waals surface area (Å²) in [4.78, 5) is 13.8. The molecule has 3 nitrogen and oxygen atoms in total. The second kappa shape index (κ2) is 3.50. The molecule has 3 heteroatoms. The Kier molecular flexibility index (Phi) is 2.76. The van der Waals surface area contributed by atoms with Crippen molar-refractivity contribution >= 4 is 5.78 Å². The maximum absolute atomic E-state index is 11.9. The number of hydrogen-bond donors (Lipinski definition) is 0. The molecular formula is C10H17NO2. The third-order valence-corrected chi connectivity index (χ3v) is 2.60. The van der Waals surface area contributed by atoms with Crippen molar-refractivity contribution in [3.8, 4) is 0 Å². The third-order valence-electron chi connectivity index (χ3n) is 2.60. The van der Waals surface area contributed by atoms with Crippen molar-refractivity contribution in [1.29, 1.82) is 0 Å². The van der Waals surface area contributed by atoms with Crippen LogP contribution in [0.3, 0.4) is 0 Å². The van der Waals surface area contributed by atoms with Gasteiger partial charge in [0.25, 0.3) is 0 Å². The summed E-state index contributed by atoms with van der Waals surface area (Å²) < 4.78 is 5.24. The molecule has 1 aliphatic rings. The molecule has 0 fully saturated rings. The number of carbonyl (C=O) groups excluding carboxylic acids is 1. The van der Waals surface area contributed by atoms with E-state index >= 15 is 0 Å². The van der Waals surface area contributed by atoms with Gasteiger partial charge in [0.05, 0.1) is 12.1 Å². The van der Waals surface area contributed by atoms with Crippen LogP contribution < -0.4 is 0 Å². The number of nitrogens with zero attached hydrogens (tertiary/aromatic N) is 1. The molecule has 1 aliphatic heterocycles. The van der Waals surface area contributed by atoms with Crippen molar-refractivity contribution in [3.63, 3.8) is 0 Å². The average molecular weight is 183 g/mol. The molecule has 0 aromatic carbocycles. The molecule has 1 rings (SSSR count). The zero-order valence-corrected chi connectivity index (χ0v) is 8.76. The Hall–Kier alpha value is -0.830. The lowest BCUT2D eigenvalue weighted by Crippen LogP contribution is -2.46. The zero-order valence-electron chi connectivity index (χ0n) is 8.76. The average Bonchev–Trinajstić information content (AvgIpc) is 2.54. The Morgan fingerprint density at radius 3 is 2.54 bits per heavy atom. The first-order valence-corrected chi connectivity index (χ1v) is 4.51. The second-order valence-electron chi connectivity index (χ2n) is 3.99. The Labute approximate surface area is 79.4 Å². The molecule has 74 valence electrons. The van der Waals surface area contributed by atoms with Gasteiger partial charge in [0.1, 0.15) is 0 Å². The molecular weight excluding hydrogens is 166 g/mol. The summed E-state index contributed by atoms with van der Waals surface area (Å²) in [6.07, 6.45) is 2.72. The monoisotopic (exact) mass is 183 g/mol. The van der Waals surface area contributed by atoms with Crippen LogP contribution in [0.5, 0.6) is 0 Å². The molecule has 0 radical (unpaired) electrons. The van der Waals surface area contributed by atoms with Crippen LogP contribution in [0.4, 0.5) is 0 Å². The molecule has 0 bridgehead atoms. The van der Waals surface area contributed by atoms with E-state index in [1.807, 2.05) is 38.9 Å². The van der Waals surface area contributed by atoms with Gasteiger partial charge >= 0.3 is 0 Å². The highest BCUT2D eigenvalue weighted by molar-refractivity contribution is 6.00. The normalized spacial score (nSPS) is 17.2. The highest BCUT2D eigenvalue weighted by Crippen LogP contribution is 2.20. The lowest BCUT2D eigenvalue weighted by atomic mass is 9.96. The van der Waals surface area contributed by atoms with E-state index in [9.17, 15) is 4.79 Å². The molecule has 0 spiro atoms. The summed E-state index contributed by atoms with van der Waals surface area (Å²) in [7, 11) is 3.79. The fraction of sp³-hybridized carbons (Fsp3) is 0.700. The highest BCUT2D eigenvalue weighted by atomic mass is 16.5. The summed E-state index contributed by atoms with van der Waals surface area (Å²) >= 11 is 0. The van der Waals surface area contributed by atoms with E-state index in [-0.39, 0.29) is 5.78 Å². The molecule has 0 aromatic heterocycles. The fourth-order valence-electron chi connectivity index (χ4n) is 1.08. The van der Waals surface area contributed by atoms with Gasteiger partial charge in [-0.2, -0.15) is 0 Å². The lowest BCUT2D eigenvalue weighted by molar-refractivity contribution is -0.127. The Morgan fingerprint density at radius 2 is 2.15 bits per heavy atom. The van der Waals surface area contributed by atoms with Gasteiger partial charge in [-0.05, 0) is 34.0 Å².